The maximum Gasteiger partial charge on any atom is 0.336 e. The molecule has 0 saturated heterocycles. The molecule has 178 valence electrons. The molecular weight excluding hydrogens is 456 g/mol. The molecule has 0 amide bonds. The summed E-state index contributed by atoms with van der Waals surface area (Å²) in [5.41, 5.74) is 0.0523. The van der Waals surface area contributed by atoms with E-state index in [4.69, 9.17) is 0 Å². The summed E-state index contributed by atoms with van der Waals surface area (Å²) in [6, 6.07) is 2.73. The van der Waals surface area contributed by atoms with Gasteiger partial charge in [-0.2, -0.15) is 0 Å². The molecule has 0 aromatic heterocycles. The van der Waals surface area contributed by atoms with Gasteiger partial charge in [0.05, 0.1) is 11.1 Å². The van der Waals surface area contributed by atoms with E-state index in [2.05, 4.69) is 0 Å². The molecule has 10 heteroatoms. The molecule has 0 radical (unpaired) electrons. The molecule has 0 heterocycles. The topological polar surface area (TPSA) is 149 Å². The lowest BCUT2D eigenvalue weighted by Gasteiger charge is -2.20. The Morgan fingerprint density at radius 1 is 0.750 bits per heavy atom. The van der Waals surface area contributed by atoms with Gasteiger partial charge in [-0.15, -0.1) is 23.5 Å². The molecule has 1 aromatic rings. The number of hydrogen-bond donors (Lipinski definition) is 4. The number of aromatic carboxylic acids is 2. The molecule has 0 aliphatic carbocycles. The van der Waals surface area contributed by atoms with Crippen LogP contribution < -0.4 is 0 Å². The molecule has 0 bridgehead atoms. The molecule has 8 nitrogen and oxygen atoms in total. The van der Waals surface area contributed by atoms with Gasteiger partial charge in [-0.25, -0.2) is 9.59 Å². The Labute approximate surface area is 195 Å². The fourth-order valence-corrected chi connectivity index (χ4v) is 5.41. The first kappa shape index (κ1) is 27.8. The summed E-state index contributed by atoms with van der Waals surface area (Å²) in [4.78, 5) is 46.8. The van der Waals surface area contributed by atoms with Gasteiger partial charge in [0.2, 0.25) is 0 Å². The molecule has 0 fully saturated rings. The highest BCUT2D eigenvalue weighted by Crippen LogP contribution is 2.29. The van der Waals surface area contributed by atoms with Crippen molar-refractivity contribution in [3.63, 3.8) is 0 Å². The van der Waals surface area contributed by atoms with E-state index in [9.17, 15) is 39.6 Å². The smallest absolute Gasteiger partial charge is 0.336 e. The molecule has 1 rings (SSSR count). The largest absolute Gasteiger partial charge is 0.480 e. The third-order valence-electron chi connectivity index (χ3n) is 4.61. The summed E-state index contributed by atoms with van der Waals surface area (Å²) < 4.78 is 0. The Kier molecular flexibility index (Phi) is 11.1. The summed E-state index contributed by atoms with van der Waals surface area (Å²) >= 11 is 2.53. The lowest BCUT2D eigenvalue weighted by molar-refractivity contribution is -0.137. The highest BCUT2D eigenvalue weighted by atomic mass is 32.2. The van der Waals surface area contributed by atoms with Gasteiger partial charge >= 0.3 is 23.9 Å². The molecule has 2 unspecified atom stereocenters. The van der Waals surface area contributed by atoms with E-state index in [0.29, 0.717) is 5.56 Å². The zero-order valence-corrected chi connectivity index (χ0v) is 20.2. The predicted molar refractivity (Wildman–Crippen MR) is 125 cm³/mol. The van der Waals surface area contributed by atoms with Gasteiger partial charge in [0.1, 0.15) is 10.5 Å². The van der Waals surface area contributed by atoms with Crippen molar-refractivity contribution in [2.75, 3.05) is 0 Å². The Bertz CT molecular complexity index is 851. The summed E-state index contributed by atoms with van der Waals surface area (Å²) in [6.07, 6.45) is 0.655. The predicted octanol–water partition coefficient (Wildman–Crippen LogP) is 4.14. The van der Waals surface area contributed by atoms with Gasteiger partial charge < -0.3 is 20.4 Å². The van der Waals surface area contributed by atoms with Crippen LogP contribution in [0.5, 0.6) is 0 Å². The van der Waals surface area contributed by atoms with Crippen LogP contribution in [0.25, 0.3) is 0 Å². The maximum absolute atomic E-state index is 12.0. The fourth-order valence-electron chi connectivity index (χ4n) is 3.35. The van der Waals surface area contributed by atoms with Gasteiger partial charge in [0.25, 0.3) is 0 Å². The number of rotatable bonds is 14. The molecule has 32 heavy (non-hydrogen) atoms. The Balaban J connectivity index is 3.36. The van der Waals surface area contributed by atoms with Crippen molar-refractivity contribution in [2.45, 2.75) is 74.4 Å². The maximum atomic E-state index is 12.0. The quantitative estimate of drug-likeness (QED) is 0.302. The molecule has 1 aromatic carbocycles. The van der Waals surface area contributed by atoms with Crippen molar-refractivity contribution in [2.24, 2.45) is 0 Å². The van der Waals surface area contributed by atoms with Crippen LogP contribution in [-0.2, 0) is 22.4 Å². The SMILES string of the molecule is CC(C)SC(CCc1ccc(C(=O)O)c(C(=O)O)c1CCC(SC(C)C)C(=O)O)C(=O)O. The minimum atomic E-state index is -1.41. The second-order valence-corrected chi connectivity index (χ2v) is 11.4. The summed E-state index contributed by atoms with van der Waals surface area (Å²) in [6.45, 7) is 7.49. The fraction of sp³-hybridized carbons (Fsp3) is 0.545. The van der Waals surface area contributed by atoms with E-state index < -0.39 is 34.4 Å². The Morgan fingerprint density at radius 2 is 1.22 bits per heavy atom. The Hall–Kier alpha value is -2.20. The van der Waals surface area contributed by atoms with Gasteiger partial charge in [0, 0.05) is 0 Å². The van der Waals surface area contributed by atoms with Crippen LogP contribution >= 0.6 is 23.5 Å². The number of carboxylic acids is 4. The second-order valence-electron chi connectivity index (χ2n) is 7.84. The lowest BCUT2D eigenvalue weighted by atomic mass is 9.89. The number of hydrogen-bond acceptors (Lipinski definition) is 6. The van der Waals surface area contributed by atoms with Crippen molar-refractivity contribution in [3.8, 4) is 0 Å². The van der Waals surface area contributed by atoms with Crippen LogP contribution in [0.2, 0.25) is 0 Å². The van der Waals surface area contributed by atoms with E-state index in [-0.39, 0.29) is 52.9 Å². The second kappa shape index (κ2) is 12.7. The van der Waals surface area contributed by atoms with Gasteiger partial charge in [-0.05, 0) is 53.4 Å². The number of aryl methyl sites for hydroxylation is 1. The highest BCUT2D eigenvalue weighted by Gasteiger charge is 2.27. The first-order chi connectivity index (χ1) is 14.8. The van der Waals surface area contributed by atoms with E-state index in [0.717, 1.165) is 0 Å². The molecule has 0 aliphatic rings. The zero-order chi connectivity index (χ0) is 24.6. The summed E-state index contributed by atoms with van der Waals surface area (Å²) in [5.74, 6) is -4.78. The van der Waals surface area contributed by atoms with Crippen molar-refractivity contribution < 1.29 is 39.6 Å². The zero-order valence-electron chi connectivity index (χ0n) is 18.5. The number of thioether (sulfide) groups is 2. The Morgan fingerprint density at radius 3 is 1.59 bits per heavy atom. The highest BCUT2D eigenvalue weighted by molar-refractivity contribution is 8.01. The van der Waals surface area contributed by atoms with Crippen LogP contribution in [0.15, 0.2) is 12.1 Å². The number of benzene rings is 1. The minimum absolute atomic E-state index is 0.0456. The first-order valence-corrected chi connectivity index (χ1v) is 12.1. The van der Waals surface area contributed by atoms with E-state index in [1.54, 1.807) is 0 Å². The normalized spacial score (nSPS) is 13.2. The van der Waals surface area contributed by atoms with E-state index in [1.807, 2.05) is 27.7 Å². The number of aliphatic carboxylic acids is 2. The van der Waals surface area contributed by atoms with Crippen LogP contribution in [-0.4, -0.2) is 65.3 Å². The van der Waals surface area contributed by atoms with E-state index in [1.165, 1.54) is 35.7 Å². The monoisotopic (exact) mass is 486 g/mol. The van der Waals surface area contributed by atoms with Gasteiger partial charge in [-0.1, -0.05) is 33.8 Å². The first-order valence-electron chi connectivity index (χ1n) is 10.2. The average molecular weight is 487 g/mol. The molecule has 0 saturated carbocycles. The van der Waals surface area contributed by atoms with Gasteiger partial charge in [0.15, 0.2) is 0 Å². The summed E-state index contributed by atoms with van der Waals surface area (Å²) in [7, 11) is 0. The third-order valence-corrected chi connectivity index (χ3v) is 7.23. The van der Waals surface area contributed by atoms with Crippen molar-refractivity contribution in [1.82, 2.24) is 0 Å². The van der Waals surface area contributed by atoms with Gasteiger partial charge in [-0.3, -0.25) is 9.59 Å². The lowest BCUT2D eigenvalue weighted by Crippen LogP contribution is -2.22. The molecule has 4 N–H and O–H groups in total. The van der Waals surface area contributed by atoms with E-state index >= 15 is 0 Å². The minimum Gasteiger partial charge on any atom is -0.480 e. The summed E-state index contributed by atoms with van der Waals surface area (Å²) in [5, 5.41) is 36.9. The molecule has 0 spiro atoms. The van der Waals surface area contributed by atoms with Crippen LogP contribution in [0.1, 0.15) is 72.4 Å². The standard InChI is InChI=1S/C22H30O8S2/c1-11(2)31-16(20(25)26)9-6-13-5-7-15(19(23)24)18(22(29)30)14(13)8-10-17(21(27)28)32-12(3)4/h5,7,11-12,16-17H,6,8-10H2,1-4H3,(H,23,24)(H,25,26)(H,27,28)(H,29,30). The van der Waals surface area contributed by atoms with Crippen LogP contribution in [0.4, 0.5) is 0 Å². The number of carbonyl (C=O) groups is 4. The van der Waals surface area contributed by atoms with Crippen molar-refractivity contribution in [1.29, 1.82) is 0 Å². The van der Waals surface area contributed by atoms with Crippen LogP contribution in [0, 0.1) is 0 Å². The van der Waals surface area contributed by atoms with Crippen molar-refractivity contribution in [3.05, 3.63) is 34.4 Å². The average Bonchev–Trinajstić information content (AvgIpc) is 2.66. The third kappa shape index (κ3) is 8.38. The number of carboxylic acid groups (broad SMARTS) is 4. The molecule has 2 atom stereocenters. The molecule has 0 aliphatic heterocycles. The molecular formula is C22H30O8S2. The van der Waals surface area contributed by atoms with Crippen molar-refractivity contribution >= 4 is 47.4 Å². The van der Waals surface area contributed by atoms with Crippen LogP contribution in [0.3, 0.4) is 0 Å².